The van der Waals surface area contributed by atoms with Crippen molar-refractivity contribution in [2.45, 2.75) is 4.90 Å². The molecule has 0 aliphatic rings. The highest BCUT2D eigenvalue weighted by molar-refractivity contribution is 8.00. The van der Waals surface area contributed by atoms with Gasteiger partial charge in [-0.15, -0.1) is 11.8 Å². The lowest BCUT2D eigenvalue weighted by molar-refractivity contribution is -0.118. The molecule has 0 radical (unpaired) electrons. The van der Waals surface area contributed by atoms with E-state index in [1.165, 1.54) is 23.9 Å². The molecule has 2 aromatic carbocycles. The maximum Gasteiger partial charge on any atom is 0.256 e. The van der Waals surface area contributed by atoms with Gasteiger partial charge in [0.25, 0.3) is 5.91 Å². The number of methoxy groups -OCH3 is 1. The molecule has 0 saturated heterocycles. The highest BCUT2D eigenvalue weighted by Gasteiger charge is 2.15. The van der Waals surface area contributed by atoms with E-state index in [1.54, 1.807) is 37.4 Å². The molecule has 0 unspecified atom stereocenters. The van der Waals surface area contributed by atoms with E-state index < -0.39 is 11.7 Å². The molecule has 2 rings (SSSR count). The summed E-state index contributed by atoms with van der Waals surface area (Å²) in [6.07, 6.45) is 0. The molecule has 26 heavy (non-hydrogen) atoms. The molecule has 138 valence electrons. The number of ether oxygens (including phenoxy) is 1. The standard InChI is InChI=1S/C18H18ClFN2O3S/c1-25-10-9-21-16(23)11-26-15-8-3-2-5-12(15)18(24)22-14-7-4-6-13(19)17(14)20/h2-8H,9-11H2,1H3,(H,21,23)(H,22,24). The van der Waals surface area contributed by atoms with E-state index in [0.717, 1.165) is 0 Å². The van der Waals surface area contributed by atoms with Crippen LogP contribution in [0.25, 0.3) is 0 Å². The number of rotatable bonds is 8. The van der Waals surface area contributed by atoms with Crippen molar-refractivity contribution in [2.75, 3.05) is 31.3 Å². The number of benzene rings is 2. The Morgan fingerprint density at radius 1 is 1.19 bits per heavy atom. The summed E-state index contributed by atoms with van der Waals surface area (Å²) >= 11 is 6.95. The van der Waals surface area contributed by atoms with Gasteiger partial charge < -0.3 is 15.4 Å². The number of carbonyl (C=O) groups is 2. The molecule has 2 amide bonds. The average Bonchev–Trinajstić information content (AvgIpc) is 2.64. The van der Waals surface area contributed by atoms with E-state index in [-0.39, 0.29) is 22.4 Å². The molecule has 0 aliphatic carbocycles. The van der Waals surface area contributed by atoms with Gasteiger partial charge in [0.15, 0.2) is 5.82 Å². The number of thioether (sulfide) groups is 1. The molecule has 5 nitrogen and oxygen atoms in total. The van der Waals surface area contributed by atoms with Crippen molar-refractivity contribution in [3.8, 4) is 0 Å². The summed E-state index contributed by atoms with van der Waals surface area (Å²) in [5.74, 6) is -1.18. The fraction of sp³-hybridized carbons (Fsp3) is 0.222. The number of anilines is 1. The van der Waals surface area contributed by atoms with Crippen LogP contribution in [0.4, 0.5) is 10.1 Å². The van der Waals surface area contributed by atoms with Crippen molar-refractivity contribution >= 4 is 40.9 Å². The molecule has 2 N–H and O–H groups in total. The minimum atomic E-state index is -0.690. The average molecular weight is 397 g/mol. The summed E-state index contributed by atoms with van der Waals surface area (Å²) in [7, 11) is 1.55. The zero-order chi connectivity index (χ0) is 18.9. The van der Waals surface area contributed by atoms with Gasteiger partial charge in [-0.25, -0.2) is 4.39 Å². The highest BCUT2D eigenvalue weighted by atomic mass is 35.5. The molecule has 8 heteroatoms. The van der Waals surface area contributed by atoms with Gasteiger partial charge in [0, 0.05) is 18.6 Å². The summed E-state index contributed by atoms with van der Waals surface area (Å²) in [6, 6.07) is 11.2. The molecule has 0 spiro atoms. The first-order valence-electron chi connectivity index (χ1n) is 7.75. The Morgan fingerprint density at radius 3 is 2.73 bits per heavy atom. The topological polar surface area (TPSA) is 67.4 Å². The van der Waals surface area contributed by atoms with Gasteiger partial charge >= 0.3 is 0 Å². The van der Waals surface area contributed by atoms with Gasteiger partial charge in [-0.05, 0) is 24.3 Å². The molecule has 2 aromatic rings. The first-order valence-corrected chi connectivity index (χ1v) is 9.12. The quantitative estimate of drug-likeness (QED) is 0.528. The Kier molecular flexibility index (Phi) is 7.90. The lowest BCUT2D eigenvalue weighted by Gasteiger charge is -2.11. The lowest BCUT2D eigenvalue weighted by atomic mass is 10.2. The first kappa shape index (κ1) is 20.2. The molecule has 0 bridgehead atoms. The molecule has 0 saturated carbocycles. The second-order valence-electron chi connectivity index (χ2n) is 5.18. The van der Waals surface area contributed by atoms with Gasteiger partial charge in [-0.2, -0.15) is 0 Å². The van der Waals surface area contributed by atoms with Gasteiger partial charge in [0.1, 0.15) is 0 Å². The fourth-order valence-corrected chi connectivity index (χ4v) is 3.11. The van der Waals surface area contributed by atoms with Crippen molar-refractivity contribution in [3.05, 3.63) is 58.9 Å². The minimum Gasteiger partial charge on any atom is -0.383 e. The van der Waals surface area contributed by atoms with Crippen molar-refractivity contribution in [3.63, 3.8) is 0 Å². The van der Waals surface area contributed by atoms with E-state index in [9.17, 15) is 14.0 Å². The fourth-order valence-electron chi connectivity index (χ4n) is 2.06. The number of amides is 2. The smallest absolute Gasteiger partial charge is 0.256 e. The van der Waals surface area contributed by atoms with E-state index in [0.29, 0.717) is 23.6 Å². The Bertz CT molecular complexity index is 789. The van der Waals surface area contributed by atoms with Crippen LogP contribution < -0.4 is 10.6 Å². The van der Waals surface area contributed by atoms with Crippen LogP contribution in [-0.4, -0.2) is 37.8 Å². The molecule has 0 aliphatic heterocycles. The van der Waals surface area contributed by atoms with Crippen LogP contribution in [0.1, 0.15) is 10.4 Å². The third-order valence-corrected chi connectivity index (χ3v) is 4.68. The molecule has 0 fully saturated rings. The van der Waals surface area contributed by atoms with E-state index in [4.69, 9.17) is 16.3 Å². The summed E-state index contributed by atoms with van der Waals surface area (Å²) in [5.41, 5.74) is 0.348. The molecular formula is C18H18ClFN2O3S. The third kappa shape index (κ3) is 5.72. The number of nitrogens with one attached hydrogen (secondary N) is 2. The van der Waals surface area contributed by atoms with Crippen LogP contribution in [0.3, 0.4) is 0 Å². The van der Waals surface area contributed by atoms with Crippen LogP contribution in [0.2, 0.25) is 5.02 Å². The number of hydrogen-bond donors (Lipinski definition) is 2. The zero-order valence-corrected chi connectivity index (χ0v) is 15.6. The summed E-state index contributed by atoms with van der Waals surface area (Å²) < 4.78 is 18.8. The van der Waals surface area contributed by atoms with Crippen molar-refractivity contribution in [1.82, 2.24) is 5.32 Å². The first-order chi connectivity index (χ1) is 12.5. The molecular weight excluding hydrogens is 379 g/mol. The monoisotopic (exact) mass is 396 g/mol. The number of hydrogen-bond acceptors (Lipinski definition) is 4. The molecule has 0 aromatic heterocycles. The SMILES string of the molecule is COCCNC(=O)CSc1ccccc1C(=O)Nc1cccc(Cl)c1F. The van der Waals surface area contributed by atoms with Crippen molar-refractivity contribution in [1.29, 1.82) is 0 Å². The third-order valence-electron chi connectivity index (χ3n) is 3.32. The normalized spacial score (nSPS) is 10.4. The predicted molar refractivity (Wildman–Crippen MR) is 101 cm³/mol. The predicted octanol–water partition coefficient (Wildman–Crippen LogP) is 3.59. The molecule has 0 atom stereocenters. The van der Waals surface area contributed by atoms with Crippen molar-refractivity contribution in [2.24, 2.45) is 0 Å². The summed E-state index contributed by atoms with van der Waals surface area (Å²) in [4.78, 5) is 24.9. The van der Waals surface area contributed by atoms with E-state index >= 15 is 0 Å². The largest absolute Gasteiger partial charge is 0.383 e. The zero-order valence-electron chi connectivity index (χ0n) is 14.1. The van der Waals surface area contributed by atoms with Gasteiger partial charge in [0.2, 0.25) is 5.91 Å². The van der Waals surface area contributed by atoms with Gasteiger partial charge in [-0.1, -0.05) is 29.8 Å². The van der Waals surface area contributed by atoms with E-state index in [1.807, 2.05) is 0 Å². The number of halogens is 2. The van der Waals surface area contributed by atoms with Gasteiger partial charge in [-0.3, -0.25) is 9.59 Å². The Morgan fingerprint density at radius 2 is 1.96 bits per heavy atom. The maximum atomic E-state index is 14.0. The van der Waals surface area contributed by atoms with Crippen LogP contribution in [0, 0.1) is 5.82 Å². The summed E-state index contributed by atoms with van der Waals surface area (Å²) in [5, 5.41) is 5.14. The maximum absolute atomic E-state index is 14.0. The Balaban J connectivity index is 2.04. The second kappa shape index (κ2) is 10.2. The molecule has 0 heterocycles. The van der Waals surface area contributed by atoms with Gasteiger partial charge in [0.05, 0.1) is 28.6 Å². The van der Waals surface area contributed by atoms with Crippen LogP contribution in [0.5, 0.6) is 0 Å². The van der Waals surface area contributed by atoms with Crippen LogP contribution in [-0.2, 0) is 9.53 Å². The Hall–Kier alpha value is -2.09. The van der Waals surface area contributed by atoms with Crippen LogP contribution in [0.15, 0.2) is 47.4 Å². The summed E-state index contributed by atoms with van der Waals surface area (Å²) in [6.45, 7) is 0.854. The van der Waals surface area contributed by atoms with Crippen molar-refractivity contribution < 1.29 is 18.7 Å². The second-order valence-corrected chi connectivity index (χ2v) is 6.61. The number of carbonyl (C=O) groups excluding carboxylic acids is 2. The van der Waals surface area contributed by atoms with Crippen LogP contribution >= 0.6 is 23.4 Å². The highest BCUT2D eigenvalue weighted by Crippen LogP contribution is 2.26. The lowest BCUT2D eigenvalue weighted by Crippen LogP contribution is -2.28. The minimum absolute atomic E-state index is 0.000360. The van der Waals surface area contributed by atoms with E-state index in [2.05, 4.69) is 10.6 Å². The Labute approximate surface area is 160 Å².